The molecule has 1 atom stereocenters. The summed E-state index contributed by atoms with van der Waals surface area (Å²) in [6, 6.07) is 14.7. The predicted molar refractivity (Wildman–Crippen MR) is 91.6 cm³/mol. The Balaban J connectivity index is 2.35. The van der Waals surface area contributed by atoms with E-state index in [1.165, 1.54) is 6.07 Å². The highest BCUT2D eigenvalue weighted by Gasteiger charge is 2.23. The fraction of sp³-hybridized carbons (Fsp3) is 0.105. The summed E-state index contributed by atoms with van der Waals surface area (Å²) in [5, 5.41) is 11.2. The summed E-state index contributed by atoms with van der Waals surface area (Å²) < 4.78 is 5.50. The molecule has 0 aromatic heterocycles. The van der Waals surface area contributed by atoms with Crippen LogP contribution in [-0.2, 0) is 4.74 Å². The van der Waals surface area contributed by atoms with E-state index in [2.05, 4.69) is 0 Å². The molecule has 24 heavy (non-hydrogen) atoms. The van der Waals surface area contributed by atoms with Crippen molar-refractivity contribution in [3.05, 3.63) is 100 Å². The van der Waals surface area contributed by atoms with E-state index in [0.29, 0.717) is 11.1 Å². The molecule has 2 rings (SSSR count). The number of benzene rings is 2. The maximum absolute atomic E-state index is 12.3. The summed E-state index contributed by atoms with van der Waals surface area (Å²) in [5.74, 6) is -0.538. The SMILES string of the molecule is C/C=C/C=C/C(OC(=O)c1ccccc1)c1ccccc1[N+](=O)[O-]. The Labute approximate surface area is 140 Å². The van der Waals surface area contributed by atoms with Gasteiger partial charge in [0.2, 0.25) is 0 Å². The van der Waals surface area contributed by atoms with Gasteiger partial charge in [-0.3, -0.25) is 10.1 Å². The van der Waals surface area contributed by atoms with Crippen LogP contribution in [-0.4, -0.2) is 10.9 Å². The van der Waals surface area contributed by atoms with Crippen molar-refractivity contribution < 1.29 is 14.5 Å². The molecule has 0 radical (unpaired) electrons. The second-order valence-corrected chi connectivity index (χ2v) is 4.92. The minimum Gasteiger partial charge on any atom is -0.449 e. The van der Waals surface area contributed by atoms with Crippen LogP contribution in [0.2, 0.25) is 0 Å². The average Bonchev–Trinajstić information content (AvgIpc) is 2.61. The van der Waals surface area contributed by atoms with E-state index in [-0.39, 0.29) is 5.69 Å². The summed E-state index contributed by atoms with van der Waals surface area (Å²) in [4.78, 5) is 23.1. The zero-order valence-electron chi connectivity index (χ0n) is 13.2. The lowest BCUT2D eigenvalue weighted by molar-refractivity contribution is -0.386. The van der Waals surface area contributed by atoms with Crippen molar-refractivity contribution in [2.24, 2.45) is 0 Å². The molecule has 0 heterocycles. The highest BCUT2D eigenvalue weighted by molar-refractivity contribution is 5.89. The van der Waals surface area contributed by atoms with E-state index in [0.717, 1.165) is 0 Å². The third kappa shape index (κ3) is 4.39. The number of allylic oxidation sites excluding steroid dienone is 3. The molecule has 122 valence electrons. The average molecular weight is 323 g/mol. The van der Waals surface area contributed by atoms with Crippen LogP contribution in [0, 0.1) is 10.1 Å². The lowest BCUT2D eigenvalue weighted by Crippen LogP contribution is -2.11. The minimum absolute atomic E-state index is 0.0894. The van der Waals surface area contributed by atoms with Gasteiger partial charge in [0.25, 0.3) is 5.69 Å². The summed E-state index contributed by atoms with van der Waals surface area (Å²) >= 11 is 0. The van der Waals surface area contributed by atoms with Crippen LogP contribution in [0.4, 0.5) is 5.69 Å². The Bertz CT molecular complexity index is 766. The number of ether oxygens (including phenoxy) is 1. The summed E-state index contributed by atoms with van der Waals surface area (Å²) in [7, 11) is 0. The molecule has 5 nitrogen and oxygen atoms in total. The Kier molecular flexibility index (Phi) is 6.02. The van der Waals surface area contributed by atoms with Gasteiger partial charge in [0.1, 0.15) is 0 Å². The standard InChI is InChI=1S/C19H17NO4/c1-2-3-5-14-18(16-12-8-9-13-17(16)20(22)23)24-19(21)15-10-6-4-7-11-15/h2-14,18H,1H3/b3-2+,14-5+. The van der Waals surface area contributed by atoms with Crippen LogP contribution in [0.25, 0.3) is 0 Å². The van der Waals surface area contributed by atoms with E-state index < -0.39 is 17.0 Å². The molecule has 0 aliphatic carbocycles. The minimum atomic E-state index is -0.851. The number of nitrogens with zero attached hydrogens (tertiary/aromatic N) is 1. The molecule has 5 heteroatoms. The number of nitro groups is 1. The van der Waals surface area contributed by atoms with Gasteiger partial charge < -0.3 is 4.74 Å². The monoisotopic (exact) mass is 323 g/mol. The van der Waals surface area contributed by atoms with Crippen molar-refractivity contribution in [2.75, 3.05) is 0 Å². The molecule has 2 aromatic carbocycles. The number of hydrogen-bond acceptors (Lipinski definition) is 4. The first-order valence-electron chi connectivity index (χ1n) is 7.42. The smallest absolute Gasteiger partial charge is 0.339 e. The van der Waals surface area contributed by atoms with E-state index >= 15 is 0 Å². The normalized spacial score (nSPS) is 12.4. The van der Waals surface area contributed by atoms with Gasteiger partial charge in [-0.05, 0) is 31.2 Å². The molecule has 0 fully saturated rings. The van der Waals surface area contributed by atoms with Gasteiger partial charge in [-0.2, -0.15) is 0 Å². The number of carbonyl (C=O) groups is 1. The fourth-order valence-electron chi connectivity index (χ4n) is 2.13. The van der Waals surface area contributed by atoms with Crippen molar-refractivity contribution in [3.63, 3.8) is 0 Å². The number of hydrogen-bond donors (Lipinski definition) is 0. The third-order valence-corrected chi connectivity index (χ3v) is 3.27. The largest absolute Gasteiger partial charge is 0.449 e. The van der Waals surface area contributed by atoms with Gasteiger partial charge >= 0.3 is 5.97 Å². The van der Waals surface area contributed by atoms with Crippen LogP contribution in [0.15, 0.2) is 78.9 Å². The van der Waals surface area contributed by atoms with Gasteiger partial charge in [0.05, 0.1) is 16.1 Å². The van der Waals surface area contributed by atoms with Crippen LogP contribution in [0.3, 0.4) is 0 Å². The topological polar surface area (TPSA) is 69.4 Å². The molecule has 2 aromatic rings. The Hall–Kier alpha value is -3.21. The second kappa shape index (κ2) is 8.43. The Morgan fingerprint density at radius 3 is 2.42 bits per heavy atom. The van der Waals surface area contributed by atoms with E-state index in [1.54, 1.807) is 66.8 Å². The van der Waals surface area contributed by atoms with Gasteiger partial charge in [-0.1, -0.05) is 48.6 Å². The molecule has 0 N–H and O–H groups in total. The van der Waals surface area contributed by atoms with Crippen molar-refractivity contribution >= 4 is 11.7 Å². The Morgan fingerprint density at radius 1 is 1.08 bits per heavy atom. The maximum Gasteiger partial charge on any atom is 0.339 e. The van der Waals surface area contributed by atoms with Gasteiger partial charge in [0.15, 0.2) is 6.10 Å². The van der Waals surface area contributed by atoms with Crippen molar-refractivity contribution in [3.8, 4) is 0 Å². The lowest BCUT2D eigenvalue weighted by Gasteiger charge is -2.15. The Morgan fingerprint density at radius 2 is 1.75 bits per heavy atom. The fourth-order valence-corrected chi connectivity index (χ4v) is 2.13. The van der Waals surface area contributed by atoms with Crippen molar-refractivity contribution in [1.29, 1.82) is 0 Å². The molecule has 0 spiro atoms. The number of rotatable bonds is 6. The third-order valence-electron chi connectivity index (χ3n) is 3.27. The zero-order chi connectivity index (χ0) is 17.4. The van der Waals surface area contributed by atoms with Crippen LogP contribution >= 0.6 is 0 Å². The van der Waals surface area contributed by atoms with Crippen molar-refractivity contribution in [2.45, 2.75) is 13.0 Å². The molecule has 0 bridgehead atoms. The quantitative estimate of drug-likeness (QED) is 0.336. The number of nitro benzene ring substituents is 1. The van der Waals surface area contributed by atoms with Gasteiger partial charge in [-0.25, -0.2) is 4.79 Å². The number of para-hydroxylation sites is 1. The molecule has 0 amide bonds. The summed E-state index contributed by atoms with van der Waals surface area (Å²) in [6.45, 7) is 1.85. The first-order chi connectivity index (χ1) is 11.6. The van der Waals surface area contributed by atoms with Gasteiger partial charge in [-0.15, -0.1) is 0 Å². The second-order valence-electron chi connectivity index (χ2n) is 4.92. The van der Waals surface area contributed by atoms with Crippen LogP contribution in [0.1, 0.15) is 28.9 Å². The first kappa shape index (κ1) is 17.1. The van der Waals surface area contributed by atoms with E-state index in [4.69, 9.17) is 4.74 Å². The molecule has 0 aliphatic rings. The summed E-state index contributed by atoms with van der Waals surface area (Å²) in [6.07, 6.45) is 6.03. The lowest BCUT2D eigenvalue weighted by atomic mass is 10.1. The van der Waals surface area contributed by atoms with Crippen molar-refractivity contribution in [1.82, 2.24) is 0 Å². The number of carbonyl (C=O) groups excluding carboxylic acids is 1. The maximum atomic E-state index is 12.3. The molecule has 0 saturated carbocycles. The summed E-state index contributed by atoms with van der Waals surface area (Å²) in [5.41, 5.74) is 0.626. The highest BCUT2D eigenvalue weighted by Crippen LogP contribution is 2.29. The van der Waals surface area contributed by atoms with Gasteiger partial charge in [0, 0.05) is 6.07 Å². The first-order valence-corrected chi connectivity index (χ1v) is 7.42. The van der Waals surface area contributed by atoms with Crippen LogP contribution < -0.4 is 0 Å². The van der Waals surface area contributed by atoms with E-state index in [1.807, 2.05) is 13.0 Å². The predicted octanol–water partition coefficient (Wildman–Crippen LogP) is 4.63. The number of esters is 1. The van der Waals surface area contributed by atoms with Crippen LogP contribution in [0.5, 0.6) is 0 Å². The molecule has 0 saturated heterocycles. The zero-order valence-corrected chi connectivity index (χ0v) is 13.2. The molecular formula is C19H17NO4. The molecule has 0 aliphatic heterocycles. The molecule has 1 unspecified atom stereocenters. The highest BCUT2D eigenvalue weighted by atomic mass is 16.6. The molecular weight excluding hydrogens is 306 g/mol. The van der Waals surface area contributed by atoms with E-state index in [9.17, 15) is 14.9 Å².